The maximum atomic E-state index is 5.61. The van der Waals surface area contributed by atoms with Crippen LogP contribution in [-0.4, -0.2) is 4.99 Å². The first-order chi connectivity index (χ1) is 8.97. The number of nitrogens with one attached hydrogen (secondary N) is 1. The first-order valence-corrected chi connectivity index (χ1v) is 8.07. The molecule has 19 heavy (non-hydrogen) atoms. The van der Waals surface area contributed by atoms with Gasteiger partial charge in [0.15, 0.2) is 0 Å². The molecule has 0 aliphatic carbocycles. The van der Waals surface area contributed by atoms with Crippen molar-refractivity contribution in [2.24, 2.45) is 5.73 Å². The molecule has 0 aliphatic rings. The van der Waals surface area contributed by atoms with E-state index in [0.717, 1.165) is 30.4 Å². The third-order valence-electron chi connectivity index (χ3n) is 2.45. The summed E-state index contributed by atoms with van der Waals surface area (Å²) in [6.07, 6.45) is 0. The molecule has 0 atom stereocenters. The van der Waals surface area contributed by atoms with Gasteiger partial charge in [-0.2, -0.15) is 0 Å². The number of hydrogen-bond donors (Lipinski definition) is 2. The van der Waals surface area contributed by atoms with E-state index in [-0.39, 0.29) is 0 Å². The molecule has 0 amide bonds. The van der Waals surface area contributed by atoms with Gasteiger partial charge in [-0.15, -0.1) is 0 Å². The largest absolute Gasteiger partial charge is 0.389 e. The van der Waals surface area contributed by atoms with Gasteiger partial charge in [-0.3, -0.25) is 0 Å². The summed E-state index contributed by atoms with van der Waals surface area (Å²) in [4.78, 5) is 0.385. The third kappa shape index (κ3) is 3.78. The molecule has 0 spiro atoms. The Bertz CT molecular complexity index is 644. The number of anilines is 2. The summed E-state index contributed by atoms with van der Waals surface area (Å²) in [6.45, 7) is 0. The Morgan fingerprint density at radius 2 is 1.68 bits per heavy atom. The summed E-state index contributed by atoms with van der Waals surface area (Å²) < 4.78 is 2.90. The van der Waals surface area contributed by atoms with Gasteiger partial charge in [-0.05, 0) is 68.3 Å². The monoisotopic (exact) mass is 462 g/mol. The number of nitrogens with two attached hydrogens (primary N) is 1. The SMILES string of the molecule is NC(=S)c1ccc(Nc2cc(Br)ccc2Br)c(Br)c1. The summed E-state index contributed by atoms with van der Waals surface area (Å²) >= 11 is 15.4. The van der Waals surface area contributed by atoms with Crippen LogP contribution in [0.15, 0.2) is 49.8 Å². The van der Waals surface area contributed by atoms with Crippen LogP contribution in [-0.2, 0) is 0 Å². The van der Waals surface area contributed by atoms with E-state index >= 15 is 0 Å². The first kappa shape index (κ1) is 15.0. The van der Waals surface area contributed by atoms with Crippen molar-refractivity contribution in [3.05, 3.63) is 55.4 Å². The third-order valence-corrected chi connectivity index (χ3v) is 4.53. The van der Waals surface area contributed by atoms with Crippen LogP contribution < -0.4 is 11.1 Å². The van der Waals surface area contributed by atoms with E-state index in [9.17, 15) is 0 Å². The molecule has 2 aromatic rings. The summed E-state index contributed by atoms with van der Waals surface area (Å²) in [5.41, 5.74) is 8.35. The van der Waals surface area contributed by atoms with Crippen LogP contribution in [0, 0.1) is 0 Å². The standard InChI is InChI=1S/C13H9Br3N2S/c14-8-2-3-9(15)12(6-8)18-11-4-1-7(13(17)19)5-10(11)16/h1-6,18H,(H2,17,19). The average Bonchev–Trinajstić information content (AvgIpc) is 2.36. The Balaban J connectivity index is 2.33. The maximum Gasteiger partial charge on any atom is 0.104 e. The summed E-state index contributed by atoms with van der Waals surface area (Å²) in [6, 6.07) is 11.7. The fourth-order valence-electron chi connectivity index (χ4n) is 1.51. The number of hydrogen-bond acceptors (Lipinski definition) is 2. The van der Waals surface area contributed by atoms with Crippen molar-refractivity contribution in [3.63, 3.8) is 0 Å². The van der Waals surface area contributed by atoms with Crippen LogP contribution in [0.25, 0.3) is 0 Å². The quantitative estimate of drug-likeness (QED) is 0.601. The van der Waals surface area contributed by atoms with E-state index in [1.54, 1.807) is 0 Å². The molecule has 0 unspecified atom stereocenters. The molecule has 2 rings (SSSR count). The highest BCUT2D eigenvalue weighted by Gasteiger charge is 2.06. The Hall–Kier alpha value is -0.430. The van der Waals surface area contributed by atoms with E-state index in [1.807, 2.05) is 36.4 Å². The number of thiocarbonyl (C=S) groups is 1. The Morgan fingerprint density at radius 1 is 0.947 bits per heavy atom. The normalized spacial score (nSPS) is 10.3. The van der Waals surface area contributed by atoms with Gasteiger partial charge in [0.1, 0.15) is 4.99 Å². The van der Waals surface area contributed by atoms with Crippen LogP contribution in [0.5, 0.6) is 0 Å². The van der Waals surface area contributed by atoms with Gasteiger partial charge in [0, 0.05) is 19.0 Å². The van der Waals surface area contributed by atoms with Gasteiger partial charge < -0.3 is 11.1 Å². The lowest BCUT2D eigenvalue weighted by atomic mass is 10.2. The summed E-state index contributed by atoms with van der Waals surface area (Å²) in [5, 5.41) is 3.34. The molecule has 0 aliphatic heterocycles. The molecule has 2 aromatic carbocycles. The Morgan fingerprint density at radius 3 is 2.32 bits per heavy atom. The predicted molar refractivity (Wildman–Crippen MR) is 95.2 cm³/mol. The fourth-order valence-corrected chi connectivity index (χ4v) is 2.82. The van der Waals surface area contributed by atoms with Crippen molar-refractivity contribution < 1.29 is 0 Å². The van der Waals surface area contributed by atoms with Crippen LogP contribution in [0.2, 0.25) is 0 Å². The lowest BCUT2D eigenvalue weighted by molar-refractivity contribution is 1.48. The van der Waals surface area contributed by atoms with E-state index in [4.69, 9.17) is 18.0 Å². The van der Waals surface area contributed by atoms with Gasteiger partial charge >= 0.3 is 0 Å². The van der Waals surface area contributed by atoms with E-state index in [1.165, 1.54) is 0 Å². The fraction of sp³-hybridized carbons (Fsp3) is 0. The van der Waals surface area contributed by atoms with Crippen molar-refractivity contribution in [1.29, 1.82) is 0 Å². The lowest BCUT2D eigenvalue weighted by Crippen LogP contribution is -2.09. The molecule has 2 nitrogen and oxygen atoms in total. The molecule has 98 valence electrons. The molecule has 0 fully saturated rings. The smallest absolute Gasteiger partial charge is 0.104 e. The molecular formula is C13H9Br3N2S. The van der Waals surface area contributed by atoms with Crippen LogP contribution in [0.1, 0.15) is 5.56 Å². The average molecular weight is 465 g/mol. The van der Waals surface area contributed by atoms with Crippen molar-refractivity contribution in [3.8, 4) is 0 Å². The Kier molecular flexibility index (Phi) is 5.00. The molecular weight excluding hydrogens is 456 g/mol. The minimum absolute atomic E-state index is 0.385. The number of rotatable bonds is 3. The topological polar surface area (TPSA) is 38.0 Å². The summed E-state index contributed by atoms with van der Waals surface area (Å²) in [7, 11) is 0. The minimum atomic E-state index is 0.385. The zero-order valence-electron chi connectivity index (χ0n) is 9.58. The van der Waals surface area contributed by atoms with E-state index < -0.39 is 0 Å². The minimum Gasteiger partial charge on any atom is -0.389 e. The molecule has 0 saturated heterocycles. The first-order valence-electron chi connectivity index (χ1n) is 5.29. The number of benzene rings is 2. The number of halogens is 3. The maximum absolute atomic E-state index is 5.61. The van der Waals surface area contributed by atoms with Crippen LogP contribution in [0.3, 0.4) is 0 Å². The van der Waals surface area contributed by atoms with E-state index in [2.05, 4.69) is 53.1 Å². The van der Waals surface area contributed by atoms with Crippen molar-refractivity contribution in [2.45, 2.75) is 0 Å². The highest BCUT2D eigenvalue weighted by molar-refractivity contribution is 9.11. The summed E-state index contributed by atoms with van der Waals surface area (Å²) in [5.74, 6) is 0. The zero-order valence-corrected chi connectivity index (χ0v) is 15.2. The van der Waals surface area contributed by atoms with Crippen LogP contribution in [0.4, 0.5) is 11.4 Å². The predicted octanol–water partition coefficient (Wildman–Crippen LogP) is 5.35. The lowest BCUT2D eigenvalue weighted by Gasteiger charge is -2.12. The highest BCUT2D eigenvalue weighted by atomic mass is 79.9. The van der Waals surface area contributed by atoms with Crippen molar-refractivity contribution in [2.75, 3.05) is 5.32 Å². The van der Waals surface area contributed by atoms with Crippen LogP contribution >= 0.6 is 60.0 Å². The molecule has 3 N–H and O–H groups in total. The second-order valence-corrected chi connectivity index (χ2v) is 6.87. The highest BCUT2D eigenvalue weighted by Crippen LogP contribution is 2.32. The molecule has 0 heterocycles. The van der Waals surface area contributed by atoms with E-state index in [0.29, 0.717) is 4.99 Å². The second-order valence-electron chi connectivity index (χ2n) is 3.81. The van der Waals surface area contributed by atoms with Crippen molar-refractivity contribution in [1.82, 2.24) is 0 Å². The molecule has 0 bridgehead atoms. The molecule has 0 aromatic heterocycles. The molecule has 6 heteroatoms. The zero-order chi connectivity index (χ0) is 14.0. The van der Waals surface area contributed by atoms with Gasteiger partial charge in [0.05, 0.1) is 11.4 Å². The second kappa shape index (κ2) is 6.35. The van der Waals surface area contributed by atoms with Gasteiger partial charge in [0.25, 0.3) is 0 Å². The molecule has 0 saturated carbocycles. The Labute approximate surface area is 142 Å². The molecule has 0 radical (unpaired) electrons. The van der Waals surface area contributed by atoms with Gasteiger partial charge in [-0.25, -0.2) is 0 Å². The van der Waals surface area contributed by atoms with Gasteiger partial charge in [0.2, 0.25) is 0 Å². The van der Waals surface area contributed by atoms with Gasteiger partial charge in [-0.1, -0.05) is 28.1 Å². The van der Waals surface area contributed by atoms with Crippen molar-refractivity contribution >= 4 is 76.4 Å².